The molecule has 1 aliphatic heterocycles. The minimum atomic E-state index is -0.540. The molecule has 0 spiro atoms. The maximum atomic E-state index is 12.1. The van der Waals surface area contributed by atoms with Crippen LogP contribution in [0.1, 0.15) is 0 Å². The van der Waals surface area contributed by atoms with Gasteiger partial charge in [0, 0.05) is 6.20 Å². The third-order valence-corrected chi connectivity index (χ3v) is 2.87. The van der Waals surface area contributed by atoms with E-state index in [0.29, 0.717) is 11.4 Å². The molecule has 1 N–H and O–H groups in total. The van der Waals surface area contributed by atoms with Crippen molar-refractivity contribution in [3.63, 3.8) is 0 Å². The van der Waals surface area contributed by atoms with Crippen LogP contribution in [0.5, 0.6) is 0 Å². The van der Waals surface area contributed by atoms with Crippen LogP contribution >= 0.6 is 12.4 Å². The number of hydrogen-bond acceptors (Lipinski definition) is 5. The molecule has 1 aliphatic rings. The third-order valence-electron chi connectivity index (χ3n) is 2.87. The van der Waals surface area contributed by atoms with Crippen molar-refractivity contribution >= 4 is 41.5 Å². The molecule has 0 bridgehead atoms. The van der Waals surface area contributed by atoms with Gasteiger partial charge in [0.05, 0.1) is 17.6 Å². The minimum Gasteiger partial charge on any atom is -0.463 e. The first-order valence-corrected chi connectivity index (χ1v) is 6.55. The number of hydrazone groups is 1. The number of carbonyl (C=O) groups is 2. The monoisotopic (exact) mass is 332 g/mol. The number of para-hydroxylation sites is 1. The van der Waals surface area contributed by atoms with Crippen molar-refractivity contribution in [2.75, 3.05) is 16.9 Å². The highest BCUT2D eigenvalue weighted by molar-refractivity contribution is 6.40. The van der Waals surface area contributed by atoms with E-state index in [9.17, 15) is 9.59 Å². The highest BCUT2D eigenvalue weighted by atomic mass is 35.5. The molecule has 0 aliphatic carbocycles. The second-order valence-electron chi connectivity index (χ2n) is 4.43. The van der Waals surface area contributed by atoms with E-state index in [1.807, 2.05) is 6.07 Å². The van der Waals surface area contributed by atoms with E-state index in [1.54, 1.807) is 42.6 Å². The first-order valence-electron chi connectivity index (χ1n) is 6.55. The van der Waals surface area contributed by atoms with Crippen LogP contribution in [0.25, 0.3) is 0 Å². The summed E-state index contributed by atoms with van der Waals surface area (Å²) in [5.74, 6) is -1.06. The summed E-state index contributed by atoms with van der Waals surface area (Å²) in [5.41, 5.74) is 1.09. The number of nitrogens with one attached hydrogen (secondary N) is 1. The van der Waals surface area contributed by atoms with E-state index in [0.717, 1.165) is 5.01 Å². The van der Waals surface area contributed by atoms with E-state index < -0.39 is 5.91 Å². The van der Waals surface area contributed by atoms with Crippen LogP contribution in [-0.4, -0.2) is 29.3 Å². The second kappa shape index (κ2) is 7.37. The molecule has 1 aromatic carbocycles. The lowest BCUT2D eigenvalue weighted by molar-refractivity contribution is -0.122. The van der Waals surface area contributed by atoms with E-state index in [-0.39, 0.29) is 30.8 Å². The number of rotatable bonds is 3. The van der Waals surface area contributed by atoms with E-state index in [4.69, 9.17) is 4.74 Å². The average Bonchev–Trinajstić information content (AvgIpc) is 2.57. The van der Waals surface area contributed by atoms with Crippen molar-refractivity contribution in [2.24, 2.45) is 5.10 Å². The normalized spacial score (nSPS) is 13.5. The van der Waals surface area contributed by atoms with Gasteiger partial charge in [0.15, 0.2) is 6.61 Å². The van der Waals surface area contributed by atoms with Crippen molar-refractivity contribution in [3.05, 3.63) is 54.9 Å². The van der Waals surface area contributed by atoms with Gasteiger partial charge >= 0.3 is 5.91 Å². The number of amides is 2. The molecule has 0 saturated carbocycles. The quantitative estimate of drug-likeness (QED) is 0.929. The number of pyridine rings is 1. The molecular weight excluding hydrogens is 320 g/mol. The summed E-state index contributed by atoms with van der Waals surface area (Å²) in [4.78, 5) is 27.9. The molecule has 7 nitrogen and oxygen atoms in total. The van der Waals surface area contributed by atoms with Crippen molar-refractivity contribution in [1.82, 2.24) is 4.98 Å². The minimum absolute atomic E-state index is 0. The number of carbonyl (C=O) groups excluding carboxylic acids is 2. The highest BCUT2D eigenvalue weighted by Crippen LogP contribution is 2.17. The highest BCUT2D eigenvalue weighted by Gasteiger charge is 2.27. The predicted octanol–water partition coefficient (Wildman–Crippen LogP) is 1.82. The molecule has 2 heterocycles. The summed E-state index contributed by atoms with van der Waals surface area (Å²) in [6.07, 6.45) is 3.10. The number of halogens is 1. The molecule has 0 atom stereocenters. The van der Waals surface area contributed by atoms with Crippen LogP contribution in [0.2, 0.25) is 0 Å². The lowest BCUT2D eigenvalue weighted by Gasteiger charge is -2.23. The van der Waals surface area contributed by atoms with Gasteiger partial charge in [-0.15, -0.1) is 17.5 Å². The van der Waals surface area contributed by atoms with E-state index >= 15 is 0 Å². The Morgan fingerprint density at radius 3 is 2.65 bits per heavy atom. The summed E-state index contributed by atoms with van der Waals surface area (Å²) in [6, 6.07) is 12.2. The summed E-state index contributed by atoms with van der Waals surface area (Å²) < 4.78 is 5.10. The zero-order valence-corrected chi connectivity index (χ0v) is 12.7. The molecule has 0 unspecified atom stereocenters. The number of hydrogen-bond donors (Lipinski definition) is 1. The van der Waals surface area contributed by atoms with Crippen molar-refractivity contribution < 1.29 is 14.3 Å². The number of nitrogens with zero attached hydrogens (tertiary/aromatic N) is 3. The molecule has 23 heavy (non-hydrogen) atoms. The first kappa shape index (κ1) is 16.4. The van der Waals surface area contributed by atoms with Gasteiger partial charge in [-0.2, -0.15) is 5.01 Å². The Morgan fingerprint density at radius 2 is 1.96 bits per heavy atom. The number of benzene rings is 1. The number of aromatic nitrogens is 1. The molecule has 0 saturated heterocycles. The van der Waals surface area contributed by atoms with Gasteiger partial charge in [-0.3, -0.25) is 14.6 Å². The lowest BCUT2D eigenvalue weighted by atomic mass is 10.3. The van der Waals surface area contributed by atoms with Crippen LogP contribution in [0, 0.1) is 0 Å². The van der Waals surface area contributed by atoms with Gasteiger partial charge in [0.2, 0.25) is 0 Å². The Balaban J connectivity index is 0.00000192. The maximum Gasteiger partial charge on any atom is 0.312 e. The van der Waals surface area contributed by atoms with E-state index in [2.05, 4.69) is 15.4 Å². The van der Waals surface area contributed by atoms with Crippen LogP contribution in [0.3, 0.4) is 0 Å². The summed E-state index contributed by atoms with van der Waals surface area (Å²) in [7, 11) is 0. The van der Waals surface area contributed by atoms with Gasteiger partial charge in [-0.05, 0) is 24.3 Å². The zero-order chi connectivity index (χ0) is 15.4. The fourth-order valence-electron chi connectivity index (χ4n) is 1.87. The van der Waals surface area contributed by atoms with Gasteiger partial charge in [0.25, 0.3) is 11.8 Å². The fraction of sp³-hybridized carbons (Fsp3) is 0.0667. The topological polar surface area (TPSA) is 83.9 Å². The van der Waals surface area contributed by atoms with E-state index in [1.165, 1.54) is 6.20 Å². The Kier molecular flexibility index (Phi) is 5.27. The summed E-state index contributed by atoms with van der Waals surface area (Å²) in [5, 5.41) is 7.73. The summed E-state index contributed by atoms with van der Waals surface area (Å²) in [6.45, 7) is -0.242. The predicted molar refractivity (Wildman–Crippen MR) is 87.4 cm³/mol. The lowest BCUT2D eigenvalue weighted by Crippen LogP contribution is -2.40. The van der Waals surface area contributed by atoms with Gasteiger partial charge in [-0.1, -0.05) is 18.2 Å². The molecular formula is C15H13ClN4O3. The Hall–Kier alpha value is -2.93. The van der Waals surface area contributed by atoms with Crippen LogP contribution in [0.4, 0.5) is 11.4 Å². The standard InChI is InChI=1S/C15H12N4O3.ClH/c20-13-10-22-15(14(21)17-11-5-4-8-16-9-11)18-19(13)12-6-2-1-3-7-12;/h1-9H,10H2,(H,17,21);1H. The van der Waals surface area contributed by atoms with Crippen molar-refractivity contribution in [3.8, 4) is 0 Å². The molecule has 2 aromatic rings. The largest absolute Gasteiger partial charge is 0.463 e. The second-order valence-corrected chi connectivity index (χ2v) is 4.43. The number of ether oxygens (including phenoxy) is 1. The molecule has 0 fully saturated rings. The maximum absolute atomic E-state index is 12.1. The van der Waals surface area contributed by atoms with Gasteiger partial charge in [-0.25, -0.2) is 0 Å². The van der Waals surface area contributed by atoms with Crippen LogP contribution in [0.15, 0.2) is 60.0 Å². The van der Waals surface area contributed by atoms with Gasteiger partial charge in [0.1, 0.15) is 0 Å². The summed E-state index contributed by atoms with van der Waals surface area (Å²) >= 11 is 0. The van der Waals surface area contributed by atoms with Gasteiger partial charge < -0.3 is 10.1 Å². The molecule has 2 amide bonds. The van der Waals surface area contributed by atoms with Crippen LogP contribution < -0.4 is 10.3 Å². The smallest absolute Gasteiger partial charge is 0.312 e. The Bertz CT molecular complexity index is 722. The first-order chi connectivity index (χ1) is 10.7. The zero-order valence-electron chi connectivity index (χ0n) is 11.9. The molecule has 1 aromatic heterocycles. The Morgan fingerprint density at radius 1 is 1.17 bits per heavy atom. The average molecular weight is 333 g/mol. The Labute approximate surface area is 138 Å². The molecule has 8 heteroatoms. The molecule has 0 radical (unpaired) electrons. The molecule has 118 valence electrons. The SMILES string of the molecule is Cl.O=C(Nc1cccnc1)C1=NN(c2ccccc2)C(=O)CO1. The van der Waals surface area contributed by atoms with Crippen molar-refractivity contribution in [1.29, 1.82) is 0 Å². The third kappa shape index (κ3) is 3.83. The fourth-order valence-corrected chi connectivity index (χ4v) is 1.87. The number of anilines is 2. The van der Waals surface area contributed by atoms with Crippen LogP contribution in [-0.2, 0) is 14.3 Å². The van der Waals surface area contributed by atoms with Crippen molar-refractivity contribution in [2.45, 2.75) is 0 Å². The molecule has 3 rings (SSSR count).